The molecule has 0 saturated carbocycles. The first kappa shape index (κ1) is 11.4. The molecule has 1 atom stereocenters. The molecule has 3 nitrogen and oxygen atoms in total. The number of carbonyl (C=O) groups excluding carboxylic acids is 1. The lowest BCUT2D eigenvalue weighted by molar-refractivity contribution is -0.123. The lowest BCUT2D eigenvalue weighted by Crippen LogP contribution is -2.45. The van der Waals surface area contributed by atoms with Crippen LogP contribution in [0.1, 0.15) is 33.1 Å². The SMILES string of the molecule is CC.CN1CCCCC1C(N)=O. The maximum absolute atomic E-state index is 10.7. The van der Waals surface area contributed by atoms with Gasteiger partial charge in [-0.2, -0.15) is 0 Å². The van der Waals surface area contributed by atoms with Gasteiger partial charge in [0.2, 0.25) is 5.91 Å². The van der Waals surface area contributed by atoms with E-state index in [0.29, 0.717) is 0 Å². The van der Waals surface area contributed by atoms with E-state index in [1.807, 2.05) is 25.8 Å². The second kappa shape index (κ2) is 6.00. The number of nitrogens with two attached hydrogens (primary N) is 1. The highest BCUT2D eigenvalue weighted by molar-refractivity contribution is 5.79. The summed E-state index contributed by atoms with van der Waals surface area (Å²) < 4.78 is 0. The Labute approximate surface area is 74.9 Å². The van der Waals surface area contributed by atoms with Crippen molar-refractivity contribution in [2.45, 2.75) is 39.2 Å². The fourth-order valence-electron chi connectivity index (χ4n) is 1.43. The average Bonchev–Trinajstić information content (AvgIpc) is 2.08. The summed E-state index contributed by atoms with van der Waals surface area (Å²) in [4.78, 5) is 12.8. The van der Waals surface area contributed by atoms with Crippen LogP contribution in [-0.2, 0) is 4.79 Å². The number of likely N-dealkylation sites (N-methyl/N-ethyl adjacent to an activating group) is 1. The minimum absolute atomic E-state index is 0.00579. The number of hydrogen-bond donors (Lipinski definition) is 1. The van der Waals surface area contributed by atoms with Gasteiger partial charge in [-0.1, -0.05) is 20.3 Å². The molecule has 1 saturated heterocycles. The maximum atomic E-state index is 10.7. The molecule has 0 aliphatic carbocycles. The molecule has 3 heteroatoms. The van der Waals surface area contributed by atoms with Crippen LogP contribution in [0.15, 0.2) is 0 Å². The number of nitrogens with zero attached hydrogens (tertiary/aromatic N) is 1. The first-order valence-electron chi connectivity index (χ1n) is 4.71. The van der Waals surface area contributed by atoms with Gasteiger partial charge in [-0.15, -0.1) is 0 Å². The van der Waals surface area contributed by atoms with Crippen LogP contribution in [0.3, 0.4) is 0 Å². The van der Waals surface area contributed by atoms with Crippen molar-refractivity contribution in [2.24, 2.45) is 5.73 Å². The molecule has 0 aromatic heterocycles. The third kappa shape index (κ3) is 3.22. The zero-order chi connectivity index (χ0) is 9.56. The molecule has 1 aliphatic heterocycles. The molecule has 1 heterocycles. The summed E-state index contributed by atoms with van der Waals surface area (Å²) in [5.41, 5.74) is 5.18. The van der Waals surface area contributed by atoms with Gasteiger partial charge in [0.15, 0.2) is 0 Å². The molecule has 1 unspecified atom stereocenters. The van der Waals surface area contributed by atoms with E-state index in [-0.39, 0.29) is 11.9 Å². The van der Waals surface area contributed by atoms with Crippen LogP contribution in [0.25, 0.3) is 0 Å². The highest BCUT2D eigenvalue weighted by Gasteiger charge is 2.22. The number of piperidine rings is 1. The van der Waals surface area contributed by atoms with E-state index in [1.165, 1.54) is 6.42 Å². The average molecular weight is 172 g/mol. The van der Waals surface area contributed by atoms with Crippen molar-refractivity contribution in [3.8, 4) is 0 Å². The molecule has 72 valence electrons. The lowest BCUT2D eigenvalue weighted by atomic mass is 10.0. The molecule has 1 aliphatic rings. The molecule has 0 aromatic carbocycles. The van der Waals surface area contributed by atoms with Crippen molar-refractivity contribution in [1.29, 1.82) is 0 Å². The van der Waals surface area contributed by atoms with Crippen molar-refractivity contribution < 1.29 is 4.79 Å². The molecular formula is C9H20N2O. The standard InChI is InChI=1S/C7H14N2O.C2H6/c1-9-5-3-2-4-6(9)7(8)10;1-2/h6H,2-5H2,1H3,(H2,8,10);1-2H3. The van der Waals surface area contributed by atoms with Gasteiger partial charge in [-0.3, -0.25) is 9.69 Å². The van der Waals surface area contributed by atoms with E-state index < -0.39 is 0 Å². The van der Waals surface area contributed by atoms with Gasteiger partial charge in [0.1, 0.15) is 0 Å². The predicted molar refractivity (Wildman–Crippen MR) is 50.8 cm³/mol. The molecule has 1 amide bonds. The number of likely N-dealkylation sites (tertiary alicyclic amines) is 1. The van der Waals surface area contributed by atoms with Crippen molar-refractivity contribution in [2.75, 3.05) is 13.6 Å². The Bertz CT molecular complexity index is 136. The van der Waals surface area contributed by atoms with Crippen molar-refractivity contribution in [3.63, 3.8) is 0 Å². The molecule has 0 aromatic rings. The third-order valence-corrected chi connectivity index (χ3v) is 2.10. The van der Waals surface area contributed by atoms with Crippen molar-refractivity contribution >= 4 is 5.91 Å². The Morgan fingerprint density at radius 2 is 2.00 bits per heavy atom. The quantitative estimate of drug-likeness (QED) is 0.641. The number of primary amides is 1. The van der Waals surface area contributed by atoms with Crippen LogP contribution in [0.4, 0.5) is 0 Å². The Morgan fingerprint density at radius 1 is 1.42 bits per heavy atom. The topological polar surface area (TPSA) is 46.3 Å². The van der Waals surface area contributed by atoms with Crippen LogP contribution in [0.2, 0.25) is 0 Å². The van der Waals surface area contributed by atoms with Crippen LogP contribution >= 0.6 is 0 Å². The van der Waals surface area contributed by atoms with E-state index >= 15 is 0 Å². The molecular weight excluding hydrogens is 152 g/mol. The maximum Gasteiger partial charge on any atom is 0.234 e. The first-order valence-corrected chi connectivity index (χ1v) is 4.71. The van der Waals surface area contributed by atoms with Crippen LogP contribution in [-0.4, -0.2) is 30.4 Å². The monoisotopic (exact) mass is 172 g/mol. The fraction of sp³-hybridized carbons (Fsp3) is 0.889. The van der Waals surface area contributed by atoms with Gasteiger partial charge in [-0.05, 0) is 26.4 Å². The molecule has 0 spiro atoms. The summed E-state index contributed by atoms with van der Waals surface area (Å²) in [6.45, 7) is 5.01. The predicted octanol–water partition coefficient (Wildman–Crippen LogP) is 0.982. The summed E-state index contributed by atoms with van der Waals surface area (Å²) in [5, 5.41) is 0. The molecule has 1 fully saturated rings. The third-order valence-electron chi connectivity index (χ3n) is 2.10. The molecule has 0 bridgehead atoms. The van der Waals surface area contributed by atoms with Crippen molar-refractivity contribution in [3.05, 3.63) is 0 Å². The van der Waals surface area contributed by atoms with Crippen LogP contribution < -0.4 is 5.73 Å². The van der Waals surface area contributed by atoms with E-state index in [4.69, 9.17) is 5.73 Å². The van der Waals surface area contributed by atoms with Crippen molar-refractivity contribution in [1.82, 2.24) is 4.90 Å². The van der Waals surface area contributed by atoms with E-state index in [0.717, 1.165) is 19.4 Å². The summed E-state index contributed by atoms with van der Waals surface area (Å²) in [6, 6.07) is -0.00579. The number of amides is 1. The van der Waals surface area contributed by atoms with Gasteiger partial charge >= 0.3 is 0 Å². The highest BCUT2D eigenvalue weighted by atomic mass is 16.1. The zero-order valence-electron chi connectivity index (χ0n) is 8.34. The van der Waals surface area contributed by atoms with E-state index in [2.05, 4.69) is 0 Å². The molecule has 1 rings (SSSR count). The van der Waals surface area contributed by atoms with Crippen LogP contribution in [0, 0.1) is 0 Å². The smallest absolute Gasteiger partial charge is 0.234 e. The lowest BCUT2D eigenvalue weighted by Gasteiger charge is -2.29. The van der Waals surface area contributed by atoms with E-state index in [1.54, 1.807) is 0 Å². The Hall–Kier alpha value is -0.570. The summed E-state index contributed by atoms with van der Waals surface area (Å²) in [6.07, 6.45) is 3.27. The zero-order valence-corrected chi connectivity index (χ0v) is 8.34. The normalized spacial score (nSPS) is 24.1. The number of hydrogen-bond acceptors (Lipinski definition) is 2. The van der Waals surface area contributed by atoms with E-state index in [9.17, 15) is 4.79 Å². The second-order valence-electron chi connectivity index (χ2n) is 2.89. The van der Waals surface area contributed by atoms with Gasteiger partial charge in [0.25, 0.3) is 0 Å². The largest absolute Gasteiger partial charge is 0.368 e. The molecule has 2 N–H and O–H groups in total. The van der Waals surface area contributed by atoms with Gasteiger partial charge < -0.3 is 5.73 Å². The minimum Gasteiger partial charge on any atom is -0.368 e. The van der Waals surface area contributed by atoms with Gasteiger partial charge in [-0.25, -0.2) is 0 Å². The summed E-state index contributed by atoms with van der Waals surface area (Å²) in [7, 11) is 1.95. The Balaban J connectivity index is 0.000000561. The van der Waals surface area contributed by atoms with Gasteiger partial charge in [0, 0.05) is 0 Å². The number of rotatable bonds is 1. The fourth-order valence-corrected chi connectivity index (χ4v) is 1.43. The van der Waals surface area contributed by atoms with Crippen LogP contribution in [0.5, 0.6) is 0 Å². The molecule has 0 radical (unpaired) electrons. The second-order valence-corrected chi connectivity index (χ2v) is 2.89. The minimum atomic E-state index is -0.179. The highest BCUT2D eigenvalue weighted by Crippen LogP contribution is 2.13. The summed E-state index contributed by atoms with van der Waals surface area (Å²) >= 11 is 0. The number of carbonyl (C=O) groups is 1. The summed E-state index contributed by atoms with van der Waals surface area (Å²) in [5.74, 6) is -0.179. The first-order chi connectivity index (χ1) is 5.72. The Kier molecular flexibility index (Phi) is 5.72. The van der Waals surface area contributed by atoms with Gasteiger partial charge in [0.05, 0.1) is 6.04 Å². The Morgan fingerprint density at radius 3 is 2.33 bits per heavy atom. The molecule has 12 heavy (non-hydrogen) atoms.